The van der Waals surface area contributed by atoms with Crippen LogP contribution in [-0.2, 0) is 0 Å². The highest BCUT2D eigenvalue weighted by Crippen LogP contribution is 2.59. The number of fused-ring (bicyclic) bond motifs is 1. The Morgan fingerprint density at radius 1 is 1.24 bits per heavy atom. The first kappa shape index (κ1) is 22.6. The molecule has 29 heavy (non-hydrogen) atoms. The summed E-state index contributed by atoms with van der Waals surface area (Å²) >= 11 is 0. The molecule has 2 nitrogen and oxygen atoms in total. The highest BCUT2D eigenvalue weighted by molar-refractivity contribution is 5.38. The summed E-state index contributed by atoms with van der Waals surface area (Å²) in [5.41, 5.74) is 5.27. The summed E-state index contributed by atoms with van der Waals surface area (Å²) in [6.45, 7) is 13.5. The fourth-order valence-electron chi connectivity index (χ4n) is 6.52. The third-order valence-corrected chi connectivity index (χ3v) is 8.16. The van der Waals surface area contributed by atoms with Gasteiger partial charge in [-0.25, -0.2) is 0 Å². The molecule has 0 spiro atoms. The molecule has 6 atom stereocenters. The van der Waals surface area contributed by atoms with Gasteiger partial charge in [0.05, 0.1) is 12.2 Å². The maximum Gasteiger partial charge on any atom is 0.0811 e. The lowest BCUT2D eigenvalue weighted by Crippen LogP contribution is -2.36. The Labute approximate surface area is 178 Å². The van der Waals surface area contributed by atoms with Crippen LogP contribution in [-0.4, -0.2) is 22.4 Å². The van der Waals surface area contributed by atoms with E-state index in [1.807, 2.05) is 0 Å². The minimum absolute atomic E-state index is 0.416. The van der Waals surface area contributed by atoms with Crippen LogP contribution in [0.5, 0.6) is 0 Å². The zero-order valence-corrected chi connectivity index (χ0v) is 19.1. The van der Waals surface area contributed by atoms with Gasteiger partial charge in [0.2, 0.25) is 0 Å². The van der Waals surface area contributed by atoms with Crippen molar-refractivity contribution in [1.29, 1.82) is 0 Å². The number of hydrogen-bond donors (Lipinski definition) is 2. The largest absolute Gasteiger partial charge is 0.393 e. The normalized spacial score (nSPS) is 38.9. The highest BCUT2D eigenvalue weighted by atomic mass is 16.3. The lowest BCUT2D eigenvalue weighted by Gasteiger charge is -2.44. The summed E-state index contributed by atoms with van der Waals surface area (Å²) in [5, 5.41) is 20.2. The first-order valence-corrected chi connectivity index (χ1v) is 11.8. The molecule has 0 aromatic carbocycles. The molecule has 3 aliphatic carbocycles. The van der Waals surface area contributed by atoms with Crippen molar-refractivity contribution in [3.05, 3.63) is 47.1 Å². The van der Waals surface area contributed by atoms with Crippen LogP contribution in [0, 0.1) is 23.2 Å². The third-order valence-electron chi connectivity index (χ3n) is 8.16. The van der Waals surface area contributed by atoms with Crippen LogP contribution in [0.1, 0.15) is 85.5 Å². The number of hydrogen-bond acceptors (Lipinski definition) is 2. The Bertz CT molecular complexity index is 693. The average molecular weight is 399 g/mol. The molecule has 0 heterocycles. The van der Waals surface area contributed by atoms with Gasteiger partial charge in [0.15, 0.2) is 0 Å². The first-order valence-electron chi connectivity index (χ1n) is 11.8. The summed E-state index contributed by atoms with van der Waals surface area (Å²) in [4.78, 5) is 0. The first-order chi connectivity index (χ1) is 13.7. The topological polar surface area (TPSA) is 40.5 Å². The van der Waals surface area contributed by atoms with E-state index in [2.05, 4.69) is 52.5 Å². The second-order valence-electron chi connectivity index (χ2n) is 10.5. The van der Waals surface area contributed by atoms with E-state index in [0.29, 0.717) is 24.2 Å². The molecule has 0 aromatic heterocycles. The zero-order valence-electron chi connectivity index (χ0n) is 19.1. The van der Waals surface area contributed by atoms with Crippen molar-refractivity contribution >= 4 is 0 Å². The van der Waals surface area contributed by atoms with Crippen LogP contribution in [0.15, 0.2) is 47.1 Å². The van der Waals surface area contributed by atoms with Crippen LogP contribution in [0.4, 0.5) is 0 Å². The molecular weight excluding hydrogens is 356 g/mol. The van der Waals surface area contributed by atoms with Gasteiger partial charge in [-0.2, -0.15) is 0 Å². The van der Waals surface area contributed by atoms with Crippen LogP contribution < -0.4 is 0 Å². The van der Waals surface area contributed by atoms with E-state index < -0.39 is 12.2 Å². The Hall–Kier alpha value is -1.12. The van der Waals surface area contributed by atoms with Crippen molar-refractivity contribution in [3.63, 3.8) is 0 Å². The van der Waals surface area contributed by atoms with E-state index >= 15 is 0 Å². The molecule has 3 rings (SSSR count). The minimum Gasteiger partial charge on any atom is -0.393 e. The van der Waals surface area contributed by atoms with Gasteiger partial charge in [0.1, 0.15) is 0 Å². The molecule has 162 valence electrons. The molecule has 0 unspecified atom stereocenters. The lowest BCUT2D eigenvalue weighted by atomic mass is 9.60. The van der Waals surface area contributed by atoms with E-state index in [0.717, 1.165) is 23.0 Å². The molecule has 2 N–H and O–H groups in total. The molecule has 0 bridgehead atoms. The van der Waals surface area contributed by atoms with E-state index in [1.54, 1.807) is 5.57 Å². The Kier molecular flexibility index (Phi) is 7.27. The van der Waals surface area contributed by atoms with Gasteiger partial charge in [-0.15, -0.1) is 0 Å². The van der Waals surface area contributed by atoms with Crippen molar-refractivity contribution in [2.45, 2.75) is 97.7 Å². The Balaban J connectivity index is 1.74. The molecule has 3 saturated carbocycles. The van der Waals surface area contributed by atoms with Crippen LogP contribution in [0.25, 0.3) is 0 Å². The van der Waals surface area contributed by atoms with E-state index in [1.165, 1.54) is 50.5 Å². The van der Waals surface area contributed by atoms with Gasteiger partial charge in [0, 0.05) is 6.42 Å². The standard InChI is InChI=1S/C27H42O2/c1-18(2)8-6-9-19(3)24-13-14-25-21(10-7-15-27(24,25)5)11-12-22-16-23(28)17-26(29)20(22)4/h8,11-12,19,23-26,28-29H,4,6-7,9-10,13-17H2,1-3,5H3/b21-11+,22-12+/t19-,23-,24-,25+,26+,27-/m1/s1. The van der Waals surface area contributed by atoms with Crippen molar-refractivity contribution < 1.29 is 10.2 Å². The van der Waals surface area contributed by atoms with Crippen LogP contribution in [0.2, 0.25) is 0 Å². The van der Waals surface area contributed by atoms with Gasteiger partial charge in [-0.3, -0.25) is 0 Å². The summed E-state index contributed by atoms with van der Waals surface area (Å²) in [6.07, 6.45) is 15.9. The summed E-state index contributed by atoms with van der Waals surface area (Å²) in [6, 6.07) is 0. The second kappa shape index (κ2) is 9.35. The monoisotopic (exact) mass is 398 g/mol. The molecule has 0 radical (unpaired) electrons. The predicted molar refractivity (Wildman–Crippen MR) is 123 cm³/mol. The van der Waals surface area contributed by atoms with E-state index in [4.69, 9.17) is 0 Å². The minimum atomic E-state index is -0.600. The maximum absolute atomic E-state index is 10.1. The molecule has 0 amide bonds. The van der Waals surface area contributed by atoms with Crippen molar-refractivity contribution in [1.82, 2.24) is 0 Å². The number of aliphatic hydroxyl groups is 2. The summed E-state index contributed by atoms with van der Waals surface area (Å²) in [7, 11) is 0. The molecule has 2 heteroatoms. The SMILES string of the molecule is C=C1/C(=C/C=C2\CCC[C@]3(C)[C@@H]([C@H](C)CCC=C(C)C)CC[C@@H]23)C[C@@H](O)C[C@@H]1O. The third kappa shape index (κ3) is 4.97. The molecule has 3 aliphatic rings. The van der Waals surface area contributed by atoms with Gasteiger partial charge in [-0.1, -0.05) is 49.8 Å². The smallest absolute Gasteiger partial charge is 0.0811 e. The lowest BCUT2D eigenvalue weighted by molar-refractivity contribution is 0.0861. The van der Waals surface area contributed by atoms with Crippen molar-refractivity contribution in [2.75, 3.05) is 0 Å². The van der Waals surface area contributed by atoms with E-state index in [-0.39, 0.29) is 0 Å². The van der Waals surface area contributed by atoms with Crippen LogP contribution in [0.3, 0.4) is 0 Å². The van der Waals surface area contributed by atoms with E-state index in [9.17, 15) is 10.2 Å². The average Bonchev–Trinajstić information content (AvgIpc) is 3.00. The molecule has 0 aromatic rings. The second-order valence-corrected chi connectivity index (χ2v) is 10.5. The number of allylic oxidation sites excluding steroid dienone is 5. The molecular formula is C27H42O2. The quantitative estimate of drug-likeness (QED) is 0.518. The Morgan fingerprint density at radius 2 is 2.00 bits per heavy atom. The van der Waals surface area contributed by atoms with Gasteiger partial charge in [-0.05, 0) is 99.5 Å². The van der Waals surface area contributed by atoms with Gasteiger partial charge >= 0.3 is 0 Å². The van der Waals surface area contributed by atoms with Gasteiger partial charge in [0.25, 0.3) is 0 Å². The van der Waals surface area contributed by atoms with Crippen molar-refractivity contribution in [3.8, 4) is 0 Å². The number of rotatable bonds is 5. The molecule has 3 fully saturated rings. The molecule has 0 saturated heterocycles. The van der Waals surface area contributed by atoms with Crippen molar-refractivity contribution in [2.24, 2.45) is 23.2 Å². The molecule has 0 aliphatic heterocycles. The van der Waals surface area contributed by atoms with Gasteiger partial charge < -0.3 is 10.2 Å². The maximum atomic E-state index is 10.1. The van der Waals surface area contributed by atoms with Crippen LogP contribution >= 0.6 is 0 Å². The highest BCUT2D eigenvalue weighted by Gasteiger charge is 2.50. The fraction of sp³-hybridized carbons (Fsp3) is 0.704. The predicted octanol–water partition coefficient (Wildman–Crippen LogP) is 6.51. The summed E-state index contributed by atoms with van der Waals surface area (Å²) in [5.74, 6) is 2.29. The summed E-state index contributed by atoms with van der Waals surface area (Å²) < 4.78 is 0. The number of aliphatic hydroxyl groups excluding tert-OH is 2. The zero-order chi connectivity index (χ0) is 21.2. The Morgan fingerprint density at radius 3 is 2.72 bits per heavy atom. The fourth-order valence-corrected chi connectivity index (χ4v) is 6.52.